The van der Waals surface area contributed by atoms with Gasteiger partial charge in [-0.05, 0) is 24.1 Å². The molecule has 0 atom stereocenters. The third kappa shape index (κ3) is 3.65. The molecule has 0 aliphatic carbocycles. The van der Waals surface area contributed by atoms with Crippen LogP contribution in [0.1, 0.15) is 29.8 Å². The molecule has 0 unspecified atom stereocenters. The third-order valence-electron chi connectivity index (χ3n) is 2.11. The lowest BCUT2D eigenvalue weighted by molar-refractivity contribution is -0.138. The van der Waals surface area contributed by atoms with Gasteiger partial charge in [0.25, 0.3) is 0 Å². The molecule has 0 fully saturated rings. The number of alkyl halides is 3. The monoisotopic (exact) mass is 262 g/mol. The molecular formula is C12H13F3O3. The summed E-state index contributed by atoms with van der Waals surface area (Å²) in [5.74, 6) is -1.43. The fourth-order valence-electron chi connectivity index (χ4n) is 1.30. The minimum Gasteiger partial charge on any atom is -0.493 e. The summed E-state index contributed by atoms with van der Waals surface area (Å²) in [7, 11) is 0. The lowest BCUT2D eigenvalue weighted by atomic mass is 10.1. The van der Waals surface area contributed by atoms with Crippen LogP contribution in [0.15, 0.2) is 18.2 Å². The highest BCUT2D eigenvalue weighted by Gasteiger charge is 2.35. The summed E-state index contributed by atoms with van der Waals surface area (Å²) in [6.07, 6.45) is -4.72. The number of carbonyl (C=O) groups is 1. The van der Waals surface area contributed by atoms with Gasteiger partial charge in [-0.1, -0.05) is 13.8 Å². The lowest BCUT2D eigenvalue weighted by Crippen LogP contribution is -2.13. The Morgan fingerprint density at radius 1 is 1.39 bits per heavy atom. The van der Waals surface area contributed by atoms with E-state index in [4.69, 9.17) is 9.84 Å². The largest absolute Gasteiger partial charge is 0.493 e. The zero-order chi connectivity index (χ0) is 13.9. The van der Waals surface area contributed by atoms with E-state index in [1.165, 1.54) is 6.07 Å². The normalized spacial score (nSPS) is 11.7. The van der Waals surface area contributed by atoms with Crippen molar-refractivity contribution >= 4 is 5.97 Å². The quantitative estimate of drug-likeness (QED) is 0.904. The fourth-order valence-corrected chi connectivity index (χ4v) is 1.30. The molecule has 0 amide bonds. The Hall–Kier alpha value is -1.72. The van der Waals surface area contributed by atoms with E-state index in [0.717, 1.165) is 6.07 Å². The molecule has 0 aliphatic heterocycles. The summed E-state index contributed by atoms with van der Waals surface area (Å²) in [4.78, 5) is 10.7. The summed E-state index contributed by atoms with van der Waals surface area (Å²) in [6, 6.07) is 2.84. The van der Waals surface area contributed by atoms with Crippen LogP contribution in [0.4, 0.5) is 13.2 Å². The topological polar surface area (TPSA) is 46.5 Å². The van der Waals surface area contributed by atoms with Gasteiger partial charge in [0, 0.05) is 0 Å². The first-order valence-electron chi connectivity index (χ1n) is 5.29. The van der Waals surface area contributed by atoms with Crippen LogP contribution in [0.3, 0.4) is 0 Å². The second kappa shape index (κ2) is 5.29. The Balaban J connectivity index is 3.10. The molecule has 3 nitrogen and oxygen atoms in total. The van der Waals surface area contributed by atoms with E-state index in [-0.39, 0.29) is 18.3 Å². The van der Waals surface area contributed by atoms with Crippen molar-refractivity contribution in [3.8, 4) is 5.75 Å². The van der Waals surface area contributed by atoms with Crippen LogP contribution in [-0.2, 0) is 6.18 Å². The Bertz CT molecular complexity index is 439. The number of rotatable bonds is 4. The molecule has 0 heterocycles. The van der Waals surface area contributed by atoms with Crippen molar-refractivity contribution in [2.75, 3.05) is 6.61 Å². The molecule has 0 radical (unpaired) electrons. The summed E-state index contributed by atoms with van der Waals surface area (Å²) in [6.45, 7) is 3.98. The molecular weight excluding hydrogens is 249 g/mol. The second-order valence-electron chi connectivity index (χ2n) is 4.22. The van der Waals surface area contributed by atoms with Gasteiger partial charge in [0.15, 0.2) is 0 Å². The zero-order valence-corrected chi connectivity index (χ0v) is 9.91. The van der Waals surface area contributed by atoms with Gasteiger partial charge in [-0.15, -0.1) is 0 Å². The van der Waals surface area contributed by atoms with E-state index in [1.54, 1.807) is 0 Å². The highest BCUT2D eigenvalue weighted by atomic mass is 19.4. The van der Waals surface area contributed by atoms with Gasteiger partial charge in [-0.3, -0.25) is 0 Å². The molecule has 0 bridgehead atoms. The molecule has 1 aromatic carbocycles. The molecule has 6 heteroatoms. The highest BCUT2D eigenvalue weighted by Crippen LogP contribution is 2.34. The number of aromatic carboxylic acids is 1. The van der Waals surface area contributed by atoms with Crippen molar-refractivity contribution in [2.45, 2.75) is 20.0 Å². The fraction of sp³-hybridized carbons (Fsp3) is 0.417. The number of hydrogen-bond donors (Lipinski definition) is 1. The number of halogens is 3. The molecule has 1 N–H and O–H groups in total. The summed E-state index contributed by atoms with van der Waals surface area (Å²) < 4.78 is 43.2. The zero-order valence-electron chi connectivity index (χ0n) is 9.91. The van der Waals surface area contributed by atoms with Crippen molar-refractivity contribution in [3.63, 3.8) is 0 Å². The number of hydrogen-bond acceptors (Lipinski definition) is 2. The molecule has 1 rings (SSSR count). The second-order valence-corrected chi connectivity index (χ2v) is 4.22. The molecule has 100 valence electrons. The Kier molecular flexibility index (Phi) is 4.21. The number of carboxylic acid groups (broad SMARTS) is 1. The van der Waals surface area contributed by atoms with E-state index < -0.39 is 23.3 Å². The van der Waals surface area contributed by atoms with Gasteiger partial charge in [-0.25, -0.2) is 4.79 Å². The van der Waals surface area contributed by atoms with E-state index >= 15 is 0 Å². The van der Waals surface area contributed by atoms with E-state index in [1.807, 2.05) is 13.8 Å². The van der Waals surface area contributed by atoms with Gasteiger partial charge in [0.1, 0.15) is 5.75 Å². The molecule has 0 aromatic heterocycles. The van der Waals surface area contributed by atoms with Crippen LogP contribution in [0, 0.1) is 5.92 Å². The average Bonchev–Trinajstić information content (AvgIpc) is 2.24. The van der Waals surface area contributed by atoms with Gasteiger partial charge in [0.2, 0.25) is 0 Å². The van der Waals surface area contributed by atoms with Crippen LogP contribution in [0.2, 0.25) is 0 Å². The number of ether oxygens (including phenoxy) is 1. The van der Waals surface area contributed by atoms with Crippen LogP contribution in [0.5, 0.6) is 5.75 Å². The summed E-state index contributed by atoms with van der Waals surface area (Å²) in [5, 5.41) is 8.70. The maximum Gasteiger partial charge on any atom is 0.417 e. The molecule has 18 heavy (non-hydrogen) atoms. The van der Waals surface area contributed by atoms with E-state index in [9.17, 15) is 18.0 Å². The van der Waals surface area contributed by atoms with E-state index in [0.29, 0.717) is 6.07 Å². The maximum absolute atomic E-state index is 12.7. The van der Waals surface area contributed by atoms with Crippen LogP contribution < -0.4 is 4.74 Å². The van der Waals surface area contributed by atoms with Gasteiger partial charge in [0.05, 0.1) is 17.7 Å². The molecule has 0 spiro atoms. The predicted molar refractivity (Wildman–Crippen MR) is 58.7 cm³/mol. The van der Waals surface area contributed by atoms with Crippen LogP contribution in [-0.4, -0.2) is 17.7 Å². The average molecular weight is 262 g/mol. The maximum atomic E-state index is 12.7. The number of benzene rings is 1. The minimum atomic E-state index is -4.72. The summed E-state index contributed by atoms with van der Waals surface area (Å²) in [5.41, 5.74) is -1.98. The lowest BCUT2D eigenvalue weighted by Gasteiger charge is -2.13. The van der Waals surface area contributed by atoms with Crippen LogP contribution >= 0.6 is 0 Å². The minimum absolute atomic E-state index is 0.0148. The van der Waals surface area contributed by atoms with Gasteiger partial charge >= 0.3 is 12.1 Å². The van der Waals surface area contributed by atoms with Crippen molar-refractivity contribution < 1.29 is 27.8 Å². The van der Waals surface area contributed by atoms with Crippen molar-refractivity contribution in [1.29, 1.82) is 0 Å². The molecule has 0 aliphatic rings. The number of carboxylic acids is 1. The SMILES string of the molecule is CC(C)COc1ccc(C(=O)O)c(C(F)(F)F)c1. The highest BCUT2D eigenvalue weighted by molar-refractivity contribution is 5.89. The van der Waals surface area contributed by atoms with Gasteiger partial charge in [-0.2, -0.15) is 13.2 Å². The van der Waals surface area contributed by atoms with Gasteiger partial charge < -0.3 is 9.84 Å². The first-order valence-corrected chi connectivity index (χ1v) is 5.29. The van der Waals surface area contributed by atoms with Crippen LogP contribution in [0.25, 0.3) is 0 Å². The van der Waals surface area contributed by atoms with Crippen molar-refractivity contribution in [1.82, 2.24) is 0 Å². The first-order chi connectivity index (χ1) is 8.21. The van der Waals surface area contributed by atoms with Crippen molar-refractivity contribution in [2.24, 2.45) is 5.92 Å². The Morgan fingerprint density at radius 2 is 2.00 bits per heavy atom. The van der Waals surface area contributed by atoms with Crippen molar-refractivity contribution in [3.05, 3.63) is 29.3 Å². The molecule has 1 aromatic rings. The summed E-state index contributed by atoms with van der Waals surface area (Å²) >= 11 is 0. The third-order valence-corrected chi connectivity index (χ3v) is 2.11. The Morgan fingerprint density at radius 3 is 2.44 bits per heavy atom. The smallest absolute Gasteiger partial charge is 0.417 e. The molecule has 0 saturated carbocycles. The first kappa shape index (κ1) is 14.3. The molecule has 0 saturated heterocycles. The predicted octanol–water partition coefficient (Wildman–Crippen LogP) is 3.44. The van der Waals surface area contributed by atoms with E-state index in [2.05, 4.69) is 0 Å². The standard InChI is InChI=1S/C12H13F3O3/c1-7(2)6-18-8-3-4-9(11(16)17)10(5-8)12(13,14)15/h3-5,7H,6H2,1-2H3,(H,16,17). The Labute approximate surface area is 102 Å².